The number of carbonyl (C=O) groups is 1. The average molecular weight is 451 g/mol. The molecule has 2 aromatic carbocycles. The van der Waals surface area contributed by atoms with Crippen LogP contribution >= 0.6 is 11.8 Å². The molecular formula is C25H30N4O2S. The molecule has 0 saturated heterocycles. The Labute approximate surface area is 193 Å². The molecular weight excluding hydrogens is 420 g/mol. The molecule has 1 heterocycles. The van der Waals surface area contributed by atoms with Crippen LogP contribution in [0.3, 0.4) is 0 Å². The zero-order valence-electron chi connectivity index (χ0n) is 18.5. The van der Waals surface area contributed by atoms with Crippen molar-refractivity contribution < 1.29 is 9.53 Å². The van der Waals surface area contributed by atoms with Gasteiger partial charge in [0.25, 0.3) is 0 Å². The minimum absolute atomic E-state index is 0.0602. The van der Waals surface area contributed by atoms with Crippen molar-refractivity contribution in [3.8, 4) is 5.75 Å². The van der Waals surface area contributed by atoms with Crippen LogP contribution in [-0.4, -0.2) is 32.5 Å². The summed E-state index contributed by atoms with van der Waals surface area (Å²) in [5, 5.41) is 12.6. The summed E-state index contributed by atoms with van der Waals surface area (Å²) < 4.78 is 8.03. The Kier molecular flexibility index (Phi) is 7.82. The molecule has 1 fully saturated rings. The van der Waals surface area contributed by atoms with Crippen molar-refractivity contribution in [3.05, 3.63) is 71.5 Å². The van der Waals surface area contributed by atoms with E-state index in [0.29, 0.717) is 24.9 Å². The fraction of sp³-hybridized carbons (Fsp3) is 0.400. The molecule has 32 heavy (non-hydrogen) atoms. The number of thioether (sulfide) groups is 1. The maximum atomic E-state index is 12.4. The van der Waals surface area contributed by atoms with Crippen LogP contribution in [-0.2, 0) is 24.4 Å². The Balaban J connectivity index is 1.43. The van der Waals surface area contributed by atoms with Crippen LogP contribution in [0.15, 0.2) is 59.8 Å². The number of hydrogen-bond acceptors (Lipinski definition) is 5. The van der Waals surface area contributed by atoms with Gasteiger partial charge in [-0.05, 0) is 42.5 Å². The predicted octanol–water partition coefficient (Wildman–Crippen LogP) is 4.62. The molecule has 0 spiro atoms. The summed E-state index contributed by atoms with van der Waals surface area (Å²) >= 11 is 1.43. The van der Waals surface area contributed by atoms with Gasteiger partial charge in [-0.1, -0.05) is 74.0 Å². The molecule has 3 aromatic rings. The molecule has 1 aromatic heterocycles. The number of amides is 1. The maximum Gasteiger partial charge on any atom is 0.230 e. The fourth-order valence-corrected chi connectivity index (χ4v) is 4.66. The molecule has 6 nitrogen and oxygen atoms in total. The van der Waals surface area contributed by atoms with Gasteiger partial charge >= 0.3 is 0 Å². The topological polar surface area (TPSA) is 69.0 Å². The summed E-state index contributed by atoms with van der Waals surface area (Å²) in [7, 11) is 0. The first-order valence-electron chi connectivity index (χ1n) is 11.3. The molecule has 0 atom stereocenters. The lowest BCUT2D eigenvalue weighted by Gasteiger charge is -2.13. The van der Waals surface area contributed by atoms with Crippen LogP contribution in [0, 0.1) is 0 Å². The van der Waals surface area contributed by atoms with Crippen LogP contribution in [0.1, 0.15) is 49.6 Å². The van der Waals surface area contributed by atoms with Crippen molar-refractivity contribution in [1.82, 2.24) is 20.1 Å². The van der Waals surface area contributed by atoms with Crippen molar-refractivity contribution >= 4 is 17.7 Å². The lowest BCUT2D eigenvalue weighted by molar-refractivity contribution is -0.119. The van der Waals surface area contributed by atoms with E-state index < -0.39 is 0 Å². The molecule has 7 heteroatoms. The lowest BCUT2D eigenvalue weighted by atomic mass is 10.2. The zero-order chi connectivity index (χ0) is 22.2. The fourth-order valence-electron chi connectivity index (χ4n) is 3.90. The van der Waals surface area contributed by atoms with Crippen LogP contribution in [0.5, 0.6) is 5.75 Å². The van der Waals surface area contributed by atoms with Crippen LogP contribution in [0.4, 0.5) is 0 Å². The van der Waals surface area contributed by atoms with Crippen molar-refractivity contribution in [3.63, 3.8) is 0 Å². The quantitative estimate of drug-likeness (QED) is 0.457. The highest BCUT2D eigenvalue weighted by atomic mass is 32.2. The molecule has 1 N–H and O–H groups in total. The number of nitrogens with one attached hydrogen (secondary N) is 1. The molecule has 0 aliphatic heterocycles. The number of carbonyl (C=O) groups excluding carboxylic acids is 1. The Bertz CT molecular complexity index is 999. The second-order valence-corrected chi connectivity index (χ2v) is 9.04. The van der Waals surface area contributed by atoms with E-state index in [1.807, 2.05) is 34.9 Å². The van der Waals surface area contributed by atoms with Gasteiger partial charge in [0, 0.05) is 6.04 Å². The smallest absolute Gasteiger partial charge is 0.230 e. The van der Waals surface area contributed by atoms with E-state index in [1.165, 1.54) is 30.2 Å². The normalized spacial score (nSPS) is 13.9. The van der Waals surface area contributed by atoms with E-state index in [4.69, 9.17) is 4.74 Å². The summed E-state index contributed by atoms with van der Waals surface area (Å²) in [5.74, 6) is 1.95. The number of aromatic nitrogens is 3. The summed E-state index contributed by atoms with van der Waals surface area (Å²) in [5.41, 5.74) is 2.43. The molecule has 1 aliphatic carbocycles. The zero-order valence-corrected chi connectivity index (χ0v) is 19.3. The van der Waals surface area contributed by atoms with Gasteiger partial charge in [0.2, 0.25) is 5.91 Å². The van der Waals surface area contributed by atoms with E-state index in [1.54, 1.807) is 0 Å². The lowest BCUT2D eigenvalue weighted by Crippen LogP contribution is -2.33. The molecule has 1 saturated carbocycles. The van der Waals surface area contributed by atoms with Gasteiger partial charge in [0.15, 0.2) is 11.0 Å². The largest absolute Gasteiger partial charge is 0.486 e. The van der Waals surface area contributed by atoms with E-state index in [-0.39, 0.29) is 5.91 Å². The molecule has 0 unspecified atom stereocenters. The third-order valence-electron chi connectivity index (χ3n) is 5.73. The van der Waals surface area contributed by atoms with Crippen molar-refractivity contribution in [1.29, 1.82) is 0 Å². The third-order valence-corrected chi connectivity index (χ3v) is 6.70. The SMILES string of the molecule is CCc1ccc(OCc2nnc(SCC(=O)NC3CCCC3)n2Cc2ccccc2)cc1. The van der Waals surface area contributed by atoms with Gasteiger partial charge in [-0.2, -0.15) is 0 Å². The monoisotopic (exact) mass is 450 g/mol. The van der Waals surface area contributed by atoms with Crippen LogP contribution in [0.25, 0.3) is 0 Å². The number of hydrogen-bond donors (Lipinski definition) is 1. The third kappa shape index (κ3) is 6.13. The van der Waals surface area contributed by atoms with Gasteiger partial charge in [-0.15, -0.1) is 10.2 Å². The molecule has 1 aliphatic rings. The van der Waals surface area contributed by atoms with Gasteiger partial charge in [-0.25, -0.2) is 0 Å². The van der Waals surface area contributed by atoms with Gasteiger partial charge in [0.1, 0.15) is 12.4 Å². The molecule has 1 amide bonds. The second-order valence-electron chi connectivity index (χ2n) is 8.09. The van der Waals surface area contributed by atoms with E-state index >= 15 is 0 Å². The first kappa shape index (κ1) is 22.4. The number of benzene rings is 2. The summed E-state index contributed by atoms with van der Waals surface area (Å²) in [4.78, 5) is 12.4. The Hall–Kier alpha value is -2.80. The van der Waals surface area contributed by atoms with E-state index in [0.717, 1.165) is 41.6 Å². The van der Waals surface area contributed by atoms with Gasteiger partial charge in [-0.3, -0.25) is 9.36 Å². The molecule has 0 radical (unpaired) electrons. The van der Waals surface area contributed by atoms with Crippen LogP contribution in [0.2, 0.25) is 0 Å². The Morgan fingerprint density at radius 3 is 2.53 bits per heavy atom. The number of rotatable bonds is 10. The first-order valence-corrected chi connectivity index (χ1v) is 12.3. The Morgan fingerprint density at radius 1 is 1.06 bits per heavy atom. The summed E-state index contributed by atoms with van der Waals surface area (Å²) in [6, 6.07) is 18.7. The number of ether oxygens (including phenoxy) is 1. The highest BCUT2D eigenvalue weighted by molar-refractivity contribution is 7.99. The Morgan fingerprint density at radius 2 is 1.81 bits per heavy atom. The molecule has 168 valence electrons. The molecule has 4 rings (SSSR count). The summed E-state index contributed by atoms with van der Waals surface area (Å²) in [6.07, 6.45) is 5.57. The summed E-state index contributed by atoms with van der Waals surface area (Å²) in [6.45, 7) is 3.09. The van der Waals surface area contributed by atoms with Gasteiger partial charge in [0.05, 0.1) is 12.3 Å². The standard InChI is InChI=1S/C25H30N4O2S/c1-2-19-12-14-22(15-13-19)31-17-23-27-28-25(29(23)16-20-8-4-3-5-9-20)32-18-24(30)26-21-10-6-7-11-21/h3-5,8-9,12-15,21H,2,6-7,10-11,16-18H2,1H3,(H,26,30). The predicted molar refractivity (Wildman–Crippen MR) is 127 cm³/mol. The minimum Gasteiger partial charge on any atom is -0.486 e. The van der Waals surface area contributed by atoms with Crippen LogP contribution < -0.4 is 10.1 Å². The van der Waals surface area contributed by atoms with Crippen molar-refractivity contribution in [2.24, 2.45) is 0 Å². The van der Waals surface area contributed by atoms with Gasteiger partial charge < -0.3 is 10.1 Å². The second kappa shape index (κ2) is 11.2. The maximum absolute atomic E-state index is 12.4. The molecule has 0 bridgehead atoms. The number of aryl methyl sites for hydroxylation is 1. The minimum atomic E-state index is 0.0602. The highest BCUT2D eigenvalue weighted by Crippen LogP contribution is 2.22. The van der Waals surface area contributed by atoms with E-state index in [2.05, 4.69) is 46.7 Å². The average Bonchev–Trinajstić information content (AvgIpc) is 3.47. The number of nitrogens with zero attached hydrogens (tertiary/aromatic N) is 3. The van der Waals surface area contributed by atoms with Crippen molar-refractivity contribution in [2.75, 3.05) is 5.75 Å². The highest BCUT2D eigenvalue weighted by Gasteiger charge is 2.19. The van der Waals surface area contributed by atoms with E-state index in [9.17, 15) is 4.79 Å². The van der Waals surface area contributed by atoms with Crippen molar-refractivity contribution in [2.45, 2.75) is 63.4 Å². The first-order chi connectivity index (χ1) is 15.7.